The van der Waals surface area contributed by atoms with E-state index < -0.39 is 0 Å². The lowest BCUT2D eigenvalue weighted by Gasteiger charge is -2.24. The van der Waals surface area contributed by atoms with Crippen LogP contribution in [0.15, 0.2) is 16.7 Å². The third-order valence-corrected chi connectivity index (χ3v) is 2.92. The van der Waals surface area contributed by atoms with Crippen molar-refractivity contribution in [1.82, 2.24) is 4.57 Å². The summed E-state index contributed by atoms with van der Waals surface area (Å²) in [6, 6.07) is 4.18. The zero-order chi connectivity index (χ0) is 8.65. The molecule has 1 aromatic rings. The predicted molar refractivity (Wildman–Crippen MR) is 59.8 cm³/mol. The number of rotatable bonds is 0. The summed E-state index contributed by atoms with van der Waals surface area (Å²) in [7, 11) is 0. The number of hydrogen-bond acceptors (Lipinski definition) is 0. The van der Waals surface area contributed by atoms with Gasteiger partial charge in [-0.1, -0.05) is 0 Å². The molecule has 0 spiro atoms. The Morgan fingerprint density at radius 1 is 1.36 bits per heavy atom. The van der Waals surface area contributed by atoms with E-state index in [-0.39, 0.29) is 5.54 Å². The Labute approximate surface area is 89.4 Å². The molecule has 0 aliphatic carbocycles. The number of hydrogen-bond donors (Lipinski definition) is 0. The van der Waals surface area contributed by atoms with Gasteiger partial charge >= 0.3 is 0 Å². The molecule has 1 heterocycles. The summed E-state index contributed by atoms with van der Waals surface area (Å²) in [5.41, 5.74) is 0.166. The maximum atomic E-state index is 3.51. The van der Waals surface area contributed by atoms with Crippen LogP contribution in [0.5, 0.6) is 0 Å². The van der Waals surface area contributed by atoms with Crippen LogP contribution in [0.4, 0.5) is 0 Å². The van der Waals surface area contributed by atoms with E-state index in [0.29, 0.717) is 0 Å². The summed E-state index contributed by atoms with van der Waals surface area (Å²) in [6.45, 7) is 6.58. The summed E-state index contributed by atoms with van der Waals surface area (Å²) in [5, 5.41) is 0. The topological polar surface area (TPSA) is 4.93 Å². The molecule has 0 aromatic carbocycles. The van der Waals surface area contributed by atoms with Gasteiger partial charge in [0.15, 0.2) is 0 Å². The molecule has 1 aromatic heterocycles. The predicted octanol–water partition coefficient (Wildman–Crippen LogP) is 3.61. The van der Waals surface area contributed by atoms with E-state index >= 15 is 0 Å². The second kappa shape index (κ2) is 3.09. The third kappa shape index (κ3) is 1.99. The summed E-state index contributed by atoms with van der Waals surface area (Å²) in [5.74, 6) is 0. The van der Waals surface area contributed by atoms with Gasteiger partial charge in [0.25, 0.3) is 0 Å². The highest BCUT2D eigenvalue weighted by atomic mass is 127. The number of nitrogens with zero attached hydrogens (tertiary/aromatic N) is 1. The van der Waals surface area contributed by atoms with E-state index in [4.69, 9.17) is 0 Å². The van der Waals surface area contributed by atoms with E-state index in [1.807, 2.05) is 0 Å². The molecule has 0 aliphatic rings. The molecule has 0 fully saturated rings. The van der Waals surface area contributed by atoms with E-state index in [1.54, 1.807) is 0 Å². The van der Waals surface area contributed by atoms with Crippen molar-refractivity contribution in [3.05, 3.63) is 20.4 Å². The normalized spacial score (nSPS) is 12.1. The van der Waals surface area contributed by atoms with Gasteiger partial charge in [0.1, 0.15) is 0 Å². The smallest absolute Gasteiger partial charge is 0.0859 e. The fourth-order valence-corrected chi connectivity index (χ4v) is 3.38. The SMILES string of the molecule is CC(C)(C)n1c(Br)ccc1I. The van der Waals surface area contributed by atoms with Crippen molar-refractivity contribution < 1.29 is 0 Å². The Kier molecular flexibility index (Phi) is 2.69. The molecule has 0 saturated heterocycles. The van der Waals surface area contributed by atoms with E-state index in [9.17, 15) is 0 Å². The first-order valence-corrected chi connectivity index (χ1v) is 5.33. The molecule has 0 bridgehead atoms. The quantitative estimate of drug-likeness (QED) is 0.641. The molecule has 1 nitrogen and oxygen atoms in total. The number of aromatic nitrogens is 1. The maximum Gasteiger partial charge on any atom is 0.0859 e. The molecule has 0 amide bonds. The fraction of sp³-hybridized carbons (Fsp3) is 0.500. The van der Waals surface area contributed by atoms with Crippen LogP contribution in [0.3, 0.4) is 0 Å². The van der Waals surface area contributed by atoms with Gasteiger partial charge in [-0.2, -0.15) is 0 Å². The molecule has 0 saturated carbocycles. The minimum Gasteiger partial charge on any atom is -0.325 e. The molecule has 3 heteroatoms. The lowest BCUT2D eigenvalue weighted by Crippen LogP contribution is -2.23. The van der Waals surface area contributed by atoms with Crippen LogP contribution < -0.4 is 0 Å². The molecule has 0 aliphatic heterocycles. The minimum atomic E-state index is 0.166. The Hall–Kier alpha value is 0.490. The van der Waals surface area contributed by atoms with Gasteiger partial charge in [-0.15, -0.1) is 0 Å². The van der Waals surface area contributed by atoms with E-state index in [1.165, 1.54) is 3.70 Å². The molecular weight excluding hydrogens is 317 g/mol. The molecule has 11 heavy (non-hydrogen) atoms. The first-order chi connectivity index (χ1) is 4.93. The molecule has 0 radical (unpaired) electrons. The monoisotopic (exact) mass is 327 g/mol. The summed E-state index contributed by atoms with van der Waals surface area (Å²) >= 11 is 5.85. The van der Waals surface area contributed by atoms with Crippen LogP contribution in [-0.2, 0) is 5.54 Å². The number of halogens is 2. The van der Waals surface area contributed by atoms with Crippen molar-refractivity contribution in [2.24, 2.45) is 0 Å². The Morgan fingerprint density at radius 2 is 1.91 bits per heavy atom. The molecular formula is C8H11BrIN. The summed E-state index contributed by atoms with van der Waals surface area (Å²) in [6.07, 6.45) is 0. The van der Waals surface area contributed by atoms with Crippen molar-refractivity contribution in [2.75, 3.05) is 0 Å². The van der Waals surface area contributed by atoms with Gasteiger partial charge in [-0.25, -0.2) is 0 Å². The lowest BCUT2D eigenvalue weighted by atomic mass is 10.1. The first-order valence-electron chi connectivity index (χ1n) is 3.46. The van der Waals surface area contributed by atoms with Gasteiger partial charge in [-0.05, 0) is 71.4 Å². The average molecular weight is 328 g/mol. The van der Waals surface area contributed by atoms with Crippen molar-refractivity contribution >= 4 is 38.5 Å². The zero-order valence-electron chi connectivity index (χ0n) is 6.86. The van der Waals surface area contributed by atoms with Crippen molar-refractivity contribution in [1.29, 1.82) is 0 Å². The maximum absolute atomic E-state index is 3.51. The average Bonchev–Trinajstić information content (AvgIpc) is 2.08. The minimum absolute atomic E-state index is 0.166. The standard InChI is InChI=1S/C8H11BrIN/c1-8(2,3)11-6(9)4-5-7(11)10/h4-5H,1-3H3. The van der Waals surface area contributed by atoms with Crippen LogP contribution in [-0.4, -0.2) is 4.57 Å². The lowest BCUT2D eigenvalue weighted by molar-refractivity contribution is 0.384. The highest BCUT2D eigenvalue weighted by Gasteiger charge is 2.17. The Bertz CT molecular complexity index is 240. The highest BCUT2D eigenvalue weighted by molar-refractivity contribution is 14.1. The summed E-state index contributed by atoms with van der Waals surface area (Å²) in [4.78, 5) is 0. The van der Waals surface area contributed by atoms with Gasteiger partial charge in [0.05, 0.1) is 8.30 Å². The van der Waals surface area contributed by atoms with Crippen LogP contribution in [0.25, 0.3) is 0 Å². The van der Waals surface area contributed by atoms with Crippen LogP contribution in [0.2, 0.25) is 0 Å². The fourth-order valence-electron chi connectivity index (χ4n) is 1.03. The van der Waals surface area contributed by atoms with Crippen LogP contribution in [0, 0.1) is 3.70 Å². The summed E-state index contributed by atoms with van der Waals surface area (Å²) < 4.78 is 4.67. The van der Waals surface area contributed by atoms with E-state index in [2.05, 4.69) is 76.0 Å². The second-order valence-electron chi connectivity index (χ2n) is 3.49. The van der Waals surface area contributed by atoms with E-state index in [0.717, 1.165) is 4.60 Å². The largest absolute Gasteiger partial charge is 0.325 e. The van der Waals surface area contributed by atoms with Crippen molar-refractivity contribution in [2.45, 2.75) is 26.3 Å². The van der Waals surface area contributed by atoms with Crippen molar-refractivity contribution in [3.63, 3.8) is 0 Å². The Balaban J connectivity index is 3.21. The van der Waals surface area contributed by atoms with Gasteiger partial charge in [0.2, 0.25) is 0 Å². The van der Waals surface area contributed by atoms with Gasteiger partial charge in [0, 0.05) is 5.54 Å². The van der Waals surface area contributed by atoms with Crippen LogP contribution in [0.1, 0.15) is 20.8 Å². The first kappa shape index (κ1) is 9.58. The van der Waals surface area contributed by atoms with Gasteiger partial charge < -0.3 is 4.57 Å². The highest BCUT2D eigenvalue weighted by Crippen LogP contribution is 2.26. The zero-order valence-corrected chi connectivity index (χ0v) is 10.6. The third-order valence-electron chi connectivity index (χ3n) is 1.46. The second-order valence-corrected chi connectivity index (χ2v) is 5.40. The molecule has 0 N–H and O–H groups in total. The molecule has 0 unspecified atom stereocenters. The van der Waals surface area contributed by atoms with Gasteiger partial charge in [-0.3, -0.25) is 0 Å². The molecule has 0 atom stereocenters. The molecule has 1 rings (SSSR count). The molecule has 62 valence electrons. The van der Waals surface area contributed by atoms with Crippen molar-refractivity contribution in [3.8, 4) is 0 Å². The van der Waals surface area contributed by atoms with Crippen LogP contribution >= 0.6 is 38.5 Å². The Morgan fingerprint density at radius 3 is 2.09 bits per heavy atom.